The van der Waals surface area contributed by atoms with Crippen molar-refractivity contribution in [3.63, 3.8) is 0 Å². The van der Waals surface area contributed by atoms with Crippen molar-refractivity contribution in [2.45, 2.75) is 64.5 Å². The van der Waals surface area contributed by atoms with Crippen LogP contribution in [0, 0.1) is 0 Å². The summed E-state index contributed by atoms with van der Waals surface area (Å²) in [7, 11) is 1.47. The van der Waals surface area contributed by atoms with E-state index in [1.807, 2.05) is 6.07 Å². The molecule has 0 amide bonds. The van der Waals surface area contributed by atoms with Crippen molar-refractivity contribution < 1.29 is 22.3 Å². The van der Waals surface area contributed by atoms with E-state index in [1.54, 1.807) is 6.07 Å². The van der Waals surface area contributed by atoms with E-state index in [2.05, 4.69) is 20.8 Å². The normalized spacial score (nSPS) is 12.6. The Labute approximate surface area is 173 Å². The molecular formula is C24H27F3O3. The van der Waals surface area contributed by atoms with Gasteiger partial charge in [-0.15, -0.1) is 0 Å². The number of methoxy groups -OCH3 is 1. The first kappa shape index (κ1) is 22.2. The number of fused-ring (bicyclic) bond motifs is 3. The van der Waals surface area contributed by atoms with E-state index in [4.69, 9.17) is 9.15 Å². The van der Waals surface area contributed by atoms with Crippen molar-refractivity contribution in [2.75, 3.05) is 7.11 Å². The van der Waals surface area contributed by atoms with Crippen molar-refractivity contribution in [1.29, 1.82) is 0 Å². The van der Waals surface area contributed by atoms with Crippen LogP contribution in [0.2, 0.25) is 0 Å². The number of benzene rings is 2. The molecule has 3 rings (SSSR count). The fourth-order valence-corrected chi connectivity index (χ4v) is 3.89. The zero-order valence-electron chi connectivity index (χ0n) is 17.8. The summed E-state index contributed by atoms with van der Waals surface area (Å²) in [6, 6.07) is 6.66. The number of unbranched alkanes of at least 4 members (excludes halogenated alkanes) is 3. The van der Waals surface area contributed by atoms with Crippen LogP contribution in [-0.4, -0.2) is 7.11 Å². The highest BCUT2D eigenvalue weighted by molar-refractivity contribution is 6.08. The highest BCUT2D eigenvalue weighted by Crippen LogP contribution is 2.40. The smallest absolute Gasteiger partial charge is 0.416 e. The van der Waals surface area contributed by atoms with Crippen LogP contribution in [-0.2, 0) is 11.6 Å². The van der Waals surface area contributed by atoms with Gasteiger partial charge in [0.25, 0.3) is 0 Å². The molecule has 162 valence electrons. The van der Waals surface area contributed by atoms with Crippen molar-refractivity contribution in [3.8, 4) is 5.75 Å². The maximum absolute atomic E-state index is 13.3. The van der Waals surface area contributed by atoms with E-state index in [9.17, 15) is 18.0 Å². The molecule has 1 heterocycles. The second-order valence-corrected chi connectivity index (χ2v) is 8.39. The van der Waals surface area contributed by atoms with Gasteiger partial charge in [0.05, 0.1) is 23.4 Å². The first-order valence-electron chi connectivity index (χ1n) is 10.2. The molecule has 0 N–H and O–H groups in total. The highest BCUT2D eigenvalue weighted by Gasteiger charge is 2.31. The largest absolute Gasteiger partial charge is 0.496 e. The number of hydrogen-bond donors (Lipinski definition) is 0. The Balaban J connectivity index is 2.20. The Kier molecular flexibility index (Phi) is 6.16. The van der Waals surface area contributed by atoms with Gasteiger partial charge in [-0.2, -0.15) is 13.2 Å². The van der Waals surface area contributed by atoms with E-state index in [-0.39, 0.29) is 21.8 Å². The van der Waals surface area contributed by atoms with Crippen molar-refractivity contribution in [2.24, 2.45) is 0 Å². The van der Waals surface area contributed by atoms with Crippen molar-refractivity contribution in [3.05, 3.63) is 51.9 Å². The van der Waals surface area contributed by atoms with Crippen LogP contribution in [0.3, 0.4) is 0 Å². The minimum Gasteiger partial charge on any atom is -0.496 e. The molecule has 0 atom stereocenters. The molecule has 0 saturated heterocycles. The van der Waals surface area contributed by atoms with Crippen LogP contribution >= 0.6 is 0 Å². The van der Waals surface area contributed by atoms with Gasteiger partial charge in [0.2, 0.25) is 0 Å². The quantitative estimate of drug-likeness (QED) is 0.230. The van der Waals surface area contributed by atoms with Crippen LogP contribution in [0.25, 0.3) is 21.7 Å². The molecule has 0 saturated carbocycles. The third kappa shape index (κ3) is 4.32. The Morgan fingerprint density at radius 1 is 0.967 bits per heavy atom. The van der Waals surface area contributed by atoms with Gasteiger partial charge in [-0.1, -0.05) is 46.5 Å². The number of alkyl halides is 3. The Morgan fingerprint density at radius 2 is 1.70 bits per heavy atom. The van der Waals surface area contributed by atoms with E-state index >= 15 is 0 Å². The molecule has 2 aromatic carbocycles. The second kappa shape index (κ2) is 8.32. The molecule has 0 aliphatic rings. The number of rotatable bonds is 7. The first-order valence-corrected chi connectivity index (χ1v) is 10.2. The molecule has 3 aromatic rings. The van der Waals surface area contributed by atoms with Crippen LogP contribution in [0.4, 0.5) is 13.2 Å². The monoisotopic (exact) mass is 420 g/mol. The number of ether oxygens (including phenoxy) is 1. The second-order valence-electron chi connectivity index (χ2n) is 8.39. The lowest BCUT2D eigenvalue weighted by molar-refractivity contribution is -0.137. The minimum absolute atomic E-state index is 0.0976. The van der Waals surface area contributed by atoms with Gasteiger partial charge < -0.3 is 9.15 Å². The number of hydrogen-bond acceptors (Lipinski definition) is 3. The van der Waals surface area contributed by atoms with Gasteiger partial charge in [-0.25, -0.2) is 4.79 Å². The Morgan fingerprint density at radius 3 is 2.33 bits per heavy atom. The summed E-state index contributed by atoms with van der Waals surface area (Å²) < 4.78 is 50.8. The molecule has 0 radical (unpaired) electrons. The molecule has 3 nitrogen and oxygen atoms in total. The molecule has 6 heteroatoms. The maximum atomic E-state index is 13.3. The van der Waals surface area contributed by atoms with Crippen LogP contribution in [0.5, 0.6) is 5.75 Å². The van der Waals surface area contributed by atoms with E-state index in [0.717, 1.165) is 49.4 Å². The fraction of sp³-hybridized carbons (Fsp3) is 0.458. The van der Waals surface area contributed by atoms with Crippen LogP contribution < -0.4 is 10.4 Å². The third-order valence-corrected chi connectivity index (χ3v) is 5.76. The summed E-state index contributed by atoms with van der Waals surface area (Å²) in [6.45, 7) is 6.39. The average Bonchev–Trinajstić information content (AvgIpc) is 2.69. The lowest BCUT2D eigenvalue weighted by atomic mass is 9.79. The Hall–Kier alpha value is -2.50. The zero-order chi connectivity index (χ0) is 22.1. The molecular weight excluding hydrogens is 393 g/mol. The molecule has 0 fully saturated rings. The van der Waals surface area contributed by atoms with E-state index in [1.165, 1.54) is 13.5 Å². The Bertz CT molecular complexity index is 1110. The third-order valence-electron chi connectivity index (χ3n) is 5.76. The topological polar surface area (TPSA) is 39.4 Å². The van der Waals surface area contributed by atoms with Gasteiger partial charge in [0, 0.05) is 5.39 Å². The van der Waals surface area contributed by atoms with Crippen molar-refractivity contribution in [1.82, 2.24) is 0 Å². The summed E-state index contributed by atoms with van der Waals surface area (Å²) in [4.78, 5) is 12.5. The predicted molar refractivity (Wildman–Crippen MR) is 113 cm³/mol. The van der Waals surface area contributed by atoms with Crippen molar-refractivity contribution >= 4 is 21.7 Å². The summed E-state index contributed by atoms with van der Waals surface area (Å²) in [6.07, 6.45) is 0.978. The van der Waals surface area contributed by atoms with Crippen LogP contribution in [0.15, 0.2) is 39.5 Å². The fourth-order valence-electron chi connectivity index (χ4n) is 3.89. The lowest BCUT2D eigenvalue weighted by Crippen LogP contribution is -2.17. The summed E-state index contributed by atoms with van der Waals surface area (Å²) >= 11 is 0. The lowest BCUT2D eigenvalue weighted by Gasteiger charge is -2.26. The minimum atomic E-state index is -4.51. The van der Waals surface area contributed by atoms with Gasteiger partial charge in [-0.3, -0.25) is 0 Å². The highest BCUT2D eigenvalue weighted by atomic mass is 19.4. The molecule has 0 aliphatic carbocycles. The maximum Gasteiger partial charge on any atom is 0.416 e. The van der Waals surface area contributed by atoms with Crippen LogP contribution in [0.1, 0.15) is 64.0 Å². The summed E-state index contributed by atoms with van der Waals surface area (Å²) in [5.74, 6) is 0.400. The average molecular weight is 420 g/mol. The zero-order valence-corrected chi connectivity index (χ0v) is 17.8. The molecule has 1 aromatic heterocycles. The number of halogens is 3. The van der Waals surface area contributed by atoms with Gasteiger partial charge in [0.15, 0.2) is 0 Å². The van der Waals surface area contributed by atoms with Gasteiger partial charge in [0.1, 0.15) is 11.3 Å². The predicted octanol–water partition coefficient (Wildman–Crippen LogP) is 7.22. The summed E-state index contributed by atoms with van der Waals surface area (Å²) in [5, 5.41) is 0.657. The SMILES string of the molecule is CCCCCCC(C)(C)c1cc(OC)c2c(c1)oc(=O)c1ccc(C(F)(F)F)cc12. The molecule has 30 heavy (non-hydrogen) atoms. The molecule has 0 unspecified atom stereocenters. The summed E-state index contributed by atoms with van der Waals surface area (Å²) in [5.41, 5.74) is -0.507. The molecule has 0 aliphatic heterocycles. The molecule has 0 spiro atoms. The first-order chi connectivity index (χ1) is 14.1. The van der Waals surface area contributed by atoms with Gasteiger partial charge >= 0.3 is 11.8 Å². The van der Waals surface area contributed by atoms with E-state index in [0.29, 0.717) is 11.1 Å². The van der Waals surface area contributed by atoms with E-state index < -0.39 is 17.4 Å². The van der Waals surface area contributed by atoms with Gasteiger partial charge in [-0.05, 0) is 47.7 Å². The standard InChI is InChI=1S/C24H27F3O3/c1-5-6-7-8-11-23(2,3)16-13-19(29-4)21-18-12-15(24(25,26)27)9-10-17(18)22(28)30-20(21)14-16/h9-10,12-14H,5-8,11H2,1-4H3. The molecule has 0 bridgehead atoms.